The van der Waals surface area contributed by atoms with Crippen molar-refractivity contribution in [1.82, 2.24) is 5.32 Å². The number of carbonyl (C=O) groups is 2. The van der Waals surface area contributed by atoms with E-state index in [1.807, 2.05) is 84.9 Å². The van der Waals surface area contributed by atoms with E-state index in [-0.39, 0.29) is 24.7 Å². The van der Waals surface area contributed by atoms with Crippen molar-refractivity contribution in [3.8, 4) is 16.9 Å². The Bertz CT molecular complexity index is 1740. The van der Waals surface area contributed by atoms with Gasteiger partial charge >= 0.3 is 5.97 Å². The van der Waals surface area contributed by atoms with Crippen LogP contribution in [0.5, 0.6) is 5.75 Å². The van der Waals surface area contributed by atoms with E-state index in [9.17, 15) is 14.7 Å². The normalized spacial score (nSPS) is 10.9. The maximum absolute atomic E-state index is 12.9. The van der Waals surface area contributed by atoms with Crippen LogP contribution in [0.3, 0.4) is 0 Å². The van der Waals surface area contributed by atoms with Crippen LogP contribution in [-0.2, 0) is 16.0 Å². The molecule has 0 atom stereocenters. The minimum absolute atomic E-state index is 0.0203. The molecule has 5 aromatic carbocycles. The quantitative estimate of drug-likeness (QED) is 0.0686. The van der Waals surface area contributed by atoms with Gasteiger partial charge in [-0.3, -0.25) is 4.79 Å². The van der Waals surface area contributed by atoms with Crippen molar-refractivity contribution >= 4 is 33.9 Å². The molecule has 0 unspecified atom stereocenters. The van der Waals surface area contributed by atoms with Crippen molar-refractivity contribution in [3.63, 3.8) is 0 Å². The topological polar surface area (TPSA) is 106 Å². The van der Waals surface area contributed by atoms with E-state index in [4.69, 9.17) is 14.2 Å². The molecule has 44 heavy (non-hydrogen) atoms. The number of benzene rings is 5. The van der Waals surface area contributed by atoms with Crippen molar-refractivity contribution in [2.45, 2.75) is 6.54 Å². The number of fused-ring (bicyclic) bond motifs is 1. The molecule has 0 aliphatic carbocycles. The number of ketones is 1. The van der Waals surface area contributed by atoms with Crippen molar-refractivity contribution in [2.75, 3.05) is 39.0 Å². The van der Waals surface area contributed by atoms with E-state index < -0.39 is 5.97 Å². The number of Topliss-reactive ketones (excluding diaryl/α,β-unsaturated/α-hetero) is 1. The van der Waals surface area contributed by atoms with Crippen LogP contribution in [0.2, 0.25) is 0 Å². The third-order valence-electron chi connectivity index (χ3n) is 7.03. The van der Waals surface area contributed by atoms with Gasteiger partial charge in [-0.1, -0.05) is 54.6 Å². The zero-order chi connectivity index (χ0) is 30.7. The Labute approximate surface area is 256 Å². The van der Waals surface area contributed by atoms with Crippen molar-refractivity contribution < 1.29 is 28.9 Å². The molecule has 0 saturated heterocycles. The van der Waals surface area contributed by atoms with E-state index >= 15 is 0 Å². The first kappa shape index (κ1) is 30.4. The van der Waals surface area contributed by atoms with Crippen LogP contribution < -0.4 is 15.4 Å². The van der Waals surface area contributed by atoms with Crippen LogP contribution in [0, 0.1) is 0 Å². The lowest BCUT2D eigenvalue weighted by molar-refractivity contribution is -0.00841. The number of rotatable bonds is 15. The number of ether oxygens (including phenoxy) is 3. The monoisotopic (exact) mass is 590 g/mol. The number of nitrogens with one attached hydrogen (secondary N) is 2. The van der Waals surface area contributed by atoms with Gasteiger partial charge in [-0.05, 0) is 82.1 Å². The minimum atomic E-state index is -0.960. The summed E-state index contributed by atoms with van der Waals surface area (Å²) in [5.41, 5.74) is 5.64. The zero-order valence-corrected chi connectivity index (χ0v) is 24.4. The summed E-state index contributed by atoms with van der Waals surface area (Å²) < 4.78 is 15.9. The van der Waals surface area contributed by atoms with Crippen molar-refractivity contribution in [3.05, 3.63) is 126 Å². The first-order chi connectivity index (χ1) is 21.5. The number of methoxy groups -OCH3 is 1. The molecule has 5 rings (SSSR count). The molecule has 0 saturated carbocycles. The Morgan fingerprint density at radius 3 is 2.34 bits per heavy atom. The second-order valence-corrected chi connectivity index (χ2v) is 10.2. The first-order valence-electron chi connectivity index (χ1n) is 14.3. The summed E-state index contributed by atoms with van der Waals surface area (Å²) in [5, 5.41) is 17.7. The van der Waals surface area contributed by atoms with Gasteiger partial charge in [0, 0.05) is 30.6 Å². The lowest BCUT2D eigenvalue weighted by Crippen LogP contribution is -2.22. The minimum Gasteiger partial charge on any atom is -0.478 e. The molecular weight excluding hydrogens is 556 g/mol. The molecule has 0 spiro atoms. The summed E-state index contributed by atoms with van der Waals surface area (Å²) in [6, 6.07) is 34.3. The fourth-order valence-corrected chi connectivity index (χ4v) is 4.72. The van der Waals surface area contributed by atoms with E-state index in [1.54, 1.807) is 25.3 Å². The molecule has 0 amide bonds. The smallest absolute Gasteiger partial charge is 0.335 e. The predicted octanol–water partition coefficient (Wildman–Crippen LogP) is 6.92. The van der Waals surface area contributed by atoms with Crippen molar-refractivity contribution in [2.24, 2.45) is 0 Å². The predicted molar refractivity (Wildman–Crippen MR) is 172 cm³/mol. The maximum atomic E-state index is 12.9. The summed E-state index contributed by atoms with van der Waals surface area (Å²) in [4.78, 5) is 24.2. The van der Waals surface area contributed by atoms with Gasteiger partial charge in [-0.25, -0.2) is 4.79 Å². The fraction of sp³-hybridized carbons (Fsp3) is 0.167. The second kappa shape index (κ2) is 14.9. The van der Waals surface area contributed by atoms with Crippen LogP contribution in [0.4, 0.5) is 11.4 Å². The molecule has 0 bridgehead atoms. The average Bonchev–Trinajstić information content (AvgIpc) is 3.05. The highest BCUT2D eigenvalue weighted by molar-refractivity contribution is 6.01. The van der Waals surface area contributed by atoms with Gasteiger partial charge in [0.15, 0.2) is 12.6 Å². The lowest BCUT2D eigenvalue weighted by Gasteiger charge is -2.10. The SMILES string of the molecule is COCCOCOc1ccc2cc(C(=O)CNCc3cccc(-c4ccc(Nc5cccc(C(=O)O)c5)cc4)c3)ccc2c1. The molecule has 0 radical (unpaired) electrons. The molecular formula is C36H34N2O6. The summed E-state index contributed by atoms with van der Waals surface area (Å²) in [6.45, 7) is 1.91. The van der Waals surface area contributed by atoms with Crippen LogP contribution >= 0.6 is 0 Å². The zero-order valence-electron chi connectivity index (χ0n) is 24.4. The molecule has 224 valence electrons. The molecule has 0 aliphatic heterocycles. The van der Waals surface area contributed by atoms with Gasteiger partial charge in [0.1, 0.15) is 5.75 Å². The van der Waals surface area contributed by atoms with E-state index in [2.05, 4.69) is 16.7 Å². The van der Waals surface area contributed by atoms with Gasteiger partial charge in [-0.2, -0.15) is 0 Å². The molecule has 0 fully saturated rings. The highest BCUT2D eigenvalue weighted by atomic mass is 16.7. The van der Waals surface area contributed by atoms with E-state index in [1.165, 1.54) is 0 Å². The van der Waals surface area contributed by atoms with Gasteiger partial charge < -0.3 is 30.0 Å². The summed E-state index contributed by atoms with van der Waals surface area (Å²) in [5.74, 6) is -0.237. The largest absolute Gasteiger partial charge is 0.478 e. The average molecular weight is 591 g/mol. The van der Waals surface area contributed by atoms with Crippen LogP contribution in [0.15, 0.2) is 109 Å². The van der Waals surface area contributed by atoms with Crippen LogP contribution in [-0.4, -0.2) is 50.5 Å². The highest BCUT2D eigenvalue weighted by Crippen LogP contribution is 2.25. The van der Waals surface area contributed by atoms with Gasteiger partial charge in [0.25, 0.3) is 0 Å². The number of carboxylic acids is 1. The molecule has 8 heteroatoms. The molecule has 0 aliphatic rings. The number of hydrogen-bond acceptors (Lipinski definition) is 7. The standard InChI is InChI=1S/C36H34N2O6/c1-42-16-17-43-24-44-34-15-12-28-19-30(9-8-29(28)21-34)35(39)23-37-22-25-4-2-5-27(18-25)26-10-13-32(14-11-26)38-33-7-3-6-31(20-33)36(40)41/h2-15,18-21,37-38H,16-17,22-24H2,1H3,(H,40,41). The Morgan fingerprint density at radius 2 is 1.52 bits per heavy atom. The van der Waals surface area contributed by atoms with E-state index in [0.29, 0.717) is 36.8 Å². The van der Waals surface area contributed by atoms with Gasteiger partial charge in [0.05, 0.1) is 25.3 Å². The first-order valence-corrected chi connectivity index (χ1v) is 14.3. The summed E-state index contributed by atoms with van der Waals surface area (Å²) in [6.07, 6.45) is 0. The Morgan fingerprint density at radius 1 is 0.727 bits per heavy atom. The maximum Gasteiger partial charge on any atom is 0.335 e. The summed E-state index contributed by atoms with van der Waals surface area (Å²) in [7, 11) is 1.62. The fourth-order valence-electron chi connectivity index (χ4n) is 4.72. The van der Waals surface area contributed by atoms with Crippen LogP contribution in [0.25, 0.3) is 21.9 Å². The second-order valence-electron chi connectivity index (χ2n) is 10.2. The lowest BCUT2D eigenvalue weighted by atomic mass is 10.0. The van der Waals surface area contributed by atoms with E-state index in [0.717, 1.165) is 33.2 Å². The Balaban J connectivity index is 1.13. The number of anilines is 2. The number of carbonyl (C=O) groups excluding carboxylic acids is 1. The number of aromatic carboxylic acids is 1. The third-order valence-corrected chi connectivity index (χ3v) is 7.03. The Kier molecular flexibility index (Phi) is 10.3. The number of hydrogen-bond donors (Lipinski definition) is 3. The van der Waals surface area contributed by atoms with Gasteiger partial charge in [-0.15, -0.1) is 0 Å². The summed E-state index contributed by atoms with van der Waals surface area (Å²) >= 11 is 0. The molecule has 3 N–H and O–H groups in total. The number of carboxylic acid groups (broad SMARTS) is 1. The van der Waals surface area contributed by atoms with Crippen molar-refractivity contribution in [1.29, 1.82) is 0 Å². The molecule has 5 aromatic rings. The molecule has 8 nitrogen and oxygen atoms in total. The molecule has 0 aromatic heterocycles. The molecule has 0 heterocycles. The Hall–Kier alpha value is -5.02. The van der Waals surface area contributed by atoms with Gasteiger partial charge in [0.2, 0.25) is 0 Å². The van der Waals surface area contributed by atoms with Crippen LogP contribution in [0.1, 0.15) is 26.3 Å². The third kappa shape index (κ3) is 8.29. The highest BCUT2D eigenvalue weighted by Gasteiger charge is 2.09.